The van der Waals surface area contributed by atoms with Gasteiger partial charge in [0.15, 0.2) is 0 Å². The Morgan fingerprint density at radius 1 is 0.320 bits per heavy atom. The maximum absolute atomic E-state index is 14.0. The van der Waals surface area contributed by atoms with Crippen LogP contribution in [0.4, 0.5) is 103 Å². The number of terminal acetylenes is 4. The Morgan fingerprint density at radius 2 is 0.544 bits per heavy atom. The van der Waals surface area contributed by atoms with Gasteiger partial charge in [-0.05, 0) is 297 Å². The number of benzene rings is 5. The zero-order valence-corrected chi connectivity index (χ0v) is 84.4. The lowest BCUT2D eigenvalue weighted by Crippen LogP contribution is -2.60. The quantitative estimate of drug-likeness (QED) is 0.0214. The highest BCUT2D eigenvalue weighted by atomic mass is 32.2. The predicted molar refractivity (Wildman–Crippen MR) is 512 cm³/mol. The van der Waals surface area contributed by atoms with Crippen molar-refractivity contribution < 1.29 is 150 Å². The molecule has 1 heterocycles. The van der Waals surface area contributed by atoms with Crippen LogP contribution in [0.15, 0.2) is 91.0 Å². The molecule has 10 bridgehead atoms. The SMILES string of the molecule is C#CC12CCC(NC(=O)c3cc(C(F)(F)F)ccc3NS(=O)(=O)C3CCOCC3)(CC1)CC2.C#CC12CCC(NC(=O)c3cc(C(F)(F)F)ccc3NS(C)(=O)=O)(CC1)C2.C#CC12CCC(NC(=O)c3cc(C(F)(F)F)ccc3NS(C)(=O)=O)(CC1)CC2.C#CC12CCC(NC(=O)c3cc(OC(F)(F)F)ccc3NS(C)(=O)=O)(CC1)CC2.CC(F)(F)C12CCC(NC(=O)c3cc(C(F)(F)F)ccc3NS(C)(=O)=O)(CC1)CC2. The minimum Gasteiger partial charge on any atom is -0.406 e. The largest absolute Gasteiger partial charge is 0.573 e. The minimum absolute atomic E-state index is 0.125. The molecule has 14 aliphatic carbocycles. The number of carbonyl (C=O) groups excluding carboxylic acids is 5. The third-order valence-electron chi connectivity index (χ3n) is 30.8. The summed E-state index contributed by atoms with van der Waals surface area (Å²) in [4.78, 5) is 64.7. The van der Waals surface area contributed by atoms with E-state index < -0.39 is 189 Å². The van der Waals surface area contributed by atoms with Gasteiger partial charge >= 0.3 is 31.1 Å². The lowest BCUT2D eigenvalue weighted by atomic mass is 9.55. The van der Waals surface area contributed by atoms with Crippen LogP contribution in [-0.2, 0) is 79.6 Å². The molecule has 804 valence electrons. The Kier molecular flexibility index (Phi) is 32.3. The fourth-order valence-electron chi connectivity index (χ4n) is 21.9. The standard InChI is InChI=1S/C23H27F3N2O4S.C19H23F5N2O3S.C19H21F3N2O4S.C19H21F3N2O3S.C18H19F3N2O3S/c1-2-21-7-10-22(11-8-21,12-9-21)27-20(29)18-15-16(23(24,25)26)3-4-19(18)28-33(30,31)17-5-13-32-14-6-17;1-16(20,21)17-5-8-18(9-6-17,10-7-17)25-15(27)13-11-12(19(22,23)24)3-4-14(13)26-30(2,28)29;1-3-17-6-9-18(10-7-17,11-8-17)23-16(25)14-12-13(28-19(20,21)22)4-5-15(14)24-29(2,26)27;1-3-17-6-9-18(10-7-17,11-8-17)23-16(25)14-12-13(19(20,21)22)4-5-15(14)24-28(2,26)27;1-3-16-6-8-17(11-16,9-7-16)22-15(24)13-10-12(18(19,20)21)4-5-14(13)23-27(2,25)26/h1,3-4,15,17,28H,5-14H2,(H,27,29);3-4,11,26H,5-10H2,1-2H3,(H,25,27);1,4-5,12,24H,6-11H2,2H3,(H,23,25);1,4-5,12,24H,6-11H2,2H3,(H,23,25);1,4-5,10,23H,6-9,11H2,2H3,(H,22,24). The van der Waals surface area contributed by atoms with Crippen molar-refractivity contribution in [2.75, 3.05) is 61.8 Å². The first kappa shape index (κ1) is 115. The molecular formula is C98H111F17N10O17S5. The third-order valence-corrected chi connectivity index (χ3v) is 35.0. The van der Waals surface area contributed by atoms with E-state index in [0.29, 0.717) is 107 Å². The summed E-state index contributed by atoms with van der Waals surface area (Å²) < 4.78 is 362. The molecular weight excluding hydrogens is 2070 g/mol. The van der Waals surface area contributed by atoms with Crippen molar-refractivity contribution in [1.29, 1.82) is 0 Å². The number of anilines is 5. The van der Waals surface area contributed by atoms with Crippen molar-refractivity contribution in [3.8, 4) is 55.1 Å². The first-order valence-corrected chi connectivity index (χ1v) is 55.9. The van der Waals surface area contributed by atoms with E-state index in [0.717, 1.165) is 163 Å². The normalized spacial score (nSPS) is 27.2. The van der Waals surface area contributed by atoms with Crippen molar-refractivity contribution in [3.05, 3.63) is 141 Å². The van der Waals surface area contributed by atoms with Gasteiger partial charge in [0, 0.05) is 68.0 Å². The molecule has 1 aliphatic heterocycles. The van der Waals surface area contributed by atoms with Gasteiger partial charge in [0.05, 0.1) is 109 Å². The van der Waals surface area contributed by atoms with Gasteiger partial charge in [-0.2, -0.15) is 52.7 Å². The second-order valence-electron chi connectivity index (χ2n) is 41.0. The Hall–Kier alpha value is -11.0. The number of rotatable bonds is 23. The molecule has 147 heavy (non-hydrogen) atoms. The van der Waals surface area contributed by atoms with Crippen LogP contribution in [0.25, 0.3) is 0 Å². The molecule has 0 atom stereocenters. The number of halogens is 17. The number of sulfonamides is 5. The first-order chi connectivity index (χ1) is 67.6. The first-order valence-electron chi connectivity index (χ1n) is 46.8. The molecule has 0 spiro atoms. The van der Waals surface area contributed by atoms with Gasteiger partial charge in [0.1, 0.15) is 5.75 Å². The van der Waals surface area contributed by atoms with Gasteiger partial charge < -0.3 is 36.1 Å². The van der Waals surface area contributed by atoms with Gasteiger partial charge in [0.2, 0.25) is 50.1 Å². The zero-order valence-electron chi connectivity index (χ0n) is 80.3. The van der Waals surface area contributed by atoms with Gasteiger partial charge in [-0.15, -0.1) is 38.9 Å². The predicted octanol–water partition coefficient (Wildman–Crippen LogP) is 18.7. The van der Waals surface area contributed by atoms with E-state index in [2.05, 4.69) is 78.6 Å². The van der Waals surface area contributed by atoms with E-state index in [1.807, 2.05) is 0 Å². The summed E-state index contributed by atoms with van der Waals surface area (Å²) in [6, 6.07) is 12.3. The van der Waals surface area contributed by atoms with Crippen LogP contribution >= 0.6 is 0 Å². The van der Waals surface area contributed by atoms with Crippen LogP contribution in [0.5, 0.6) is 5.75 Å². The van der Waals surface area contributed by atoms with Crippen LogP contribution in [0.2, 0.25) is 0 Å². The molecule has 20 rings (SSSR count). The summed E-state index contributed by atoms with van der Waals surface area (Å²) in [5.74, 6) is 4.17. The maximum atomic E-state index is 14.0. The number of carbonyl (C=O) groups is 5. The molecule has 0 aromatic heterocycles. The number of ether oxygens (including phenoxy) is 2. The average molecular weight is 2180 g/mol. The molecule has 15 fully saturated rings. The highest BCUT2D eigenvalue weighted by Crippen LogP contribution is 2.61. The lowest BCUT2D eigenvalue weighted by Gasteiger charge is -2.55. The smallest absolute Gasteiger partial charge is 0.406 e. The topological polar surface area (TPSA) is 395 Å². The number of alkyl halides is 17. The van der Waals surface area contributed by atoms with Crippen LogP contribution in [0, 0.1) is 76.5 Å². The molecule has 5 amide bonds. The molecule has 14 saturated carbocycles. The summed E-state index contributed by atoms with van der Waals surface area (Å²) >= 11 is 0. The third kappa shape index (κ3) is 28.0. The van der Waals surface area contributed by atoms with E-state index in [1.165, 1.54) is 0 Å². The van der Waals surface area contributed by atoms with Crippen LogP contribution in [0.1, 0.15) is 280 Å². The van der Waals surface area contributed by atoms with E-state index in [4.69, 9.17) is 30.4 Å². The average Bonchev–Trinajstić information content (AvgIpc) is 1.69. The minimum atomic E-state index is -4.94. The van der Waals surface area contributed by atoms with E-state index >= 15 is 0 Å². The maximum Gasteiger partial charge on any atom is 0.573 e. The lowest BCUT2D eigenvalue weighted by molar-refractivity contribution is -0.274. The molecule has 0 unspecified atom stereocenters. The van der Waals surface area contributed by atoms with E-state index in [9.17, 15) is 141 Å². The summed E-state index contributed by atoms with van der Waals surface area (Å²) in [6.07, 6.45) is 20.4. The fourth-order valence-corrected chi connectivity index (χ4v) is 25.7. The van der Waals surface area contributed by atoms with E-state index in [-0.39, 0.29) is 137 Å². The fraction of sp³-hybridized carbons (Fsp3) is 0.561. The Balaban J connectivity index is 0.000000164. The summed E-state index contributed by atoms with van der Waals surface area (Å²) in [6.45, 7) is 1.47. The molecule has 5 aromatic rings. The van der Waals surface area contributed by atoms with Crippen molar-refractivity contribution in [3.63, 3.8) is 0 Å². The zero-order chi connectivity index (χ0) is 109. The van der Waals surface area contributed by atoms with Crippen molar-refractivity contribution >= 4 is 108 Å². The highest BCUT2D eigenvalue weighted by Gasteiger charge is 2.60. The molecule has 0 radical (unpaired) electrons. The Labute approximate surface area is 841 Å². The number of hydrogen-bond donors (Lipinski definition) is 10. The Bertz CT molecular complexity index is 6610. The second-order valence-corrected chi connectivity index (χ2v) is 49.9. The molecule has 5 aromatic carbocycles. The number of fused-ring (bicyclic) bond motifs is 14. The number of hydrogen-bond acceptors (Lipinski definition) is 17. The highest BCUT2D eigenvalue weighted by molar-refractivity contribution is 7.93. The molecule has 15 aliphatic rings. The van der Waals surface area contributed by atoms with E-state index in [1.54, 1.807) is 0 Å². The summed E-state index contributed by atoms with van der Waals surface area (Å²) in [5, 5.41) is 13.5. The van der Waals surface area contributed by atoms with Gasteiger partial charge in [0.25, 0.3) is 35.5 Å². The van der Waals surface area contributed by atoms with Gasteiger partial charge in [-0.1, -0.05) is 23.7 Å². The van der Waals surface area contributed by atoms with Crippen LogP contribution < -0.4 is 54.9 Å². The number of nitrogens with one attached hydrogen (secondary N) is 10. The van der Waals surface area contributed by atoms with Crippen molar-refractivity contribution in [2.45, 2.75) is 276 Å². The Morgan fingerprint density at radius 3 is 0.776 bits per heavy atom. The summed E-state index contributed by atoms with van der Waals surface area (Å²) in [5.41, 5.74) is -11.6. The second kappa shape index (κ2) is 41.4. The van der Waals surface area contributed by atoms with Gasteiger partial charge in [-0.3, -0.25) is 47.6 Å². The van der Waals surface area contributed by atoms with Crippen LogP contribution in [0.3, 0.4) is 0 Å². The molecule has 49 heteroatoms. The monoisotopic (exact) mass is 2180 g/mol. The van der Waals surface area contributed by atoms with Crippen molar-refractivity contribution in [2.24, 2.45) is 27.1 Å². The molecule has 10 N–H and O–H groups in total. The summed E-state index contributed by atoms with van der Waals surface area (Å²) in [7, 11) is -19.1. The number of amides is 5. The van der Waals surface area contributed by atoms with Crippen LogP contribution in [-0.4, -0.2) is 155 Å². The van der Waals surface area contributed by atoms with Crippen molar-refractivity contribution in [1.82, 2.24) is 26.6 Å². The van der Waals surface area contributed by atoms with Gasteiger partial charge in [-0.25, -0.2) is 50.9 Å². The molecule has 27 nitrogen and oxygen atoms in total. The molecule has 1 saturated heterocycles.